The number of imide groups is 1. The van der Waals surface area contributed by atoms with Gasteiger partial charge < -0.3 is 10.6 Å². The first-order valence-corrected chi connectivity index (χ1v) is 9.53. The van der Waals surface area contributed by atoms with E-state index in [0.29, 0.717) is 12.8 Å². The molecule has 2 aromatic carbocycles. The van der Waals surface area contributed by atoms with Crippen LogP contribution in [0.25, 0.3) is 0 Å². The van der Waals surface area contributed by atoms with Crippen LogP contribution in [0.15, 0.2) is 48.5 Å². The molecule has 4 amide bonds. The van der Waals surface area contributed by atoms with E-state index >= 15 is 0 Å². The minimum Gasteiger partial charge on any atom is -0.326 e. The first-order chi connectivity index (χ1) is 13.5. The first kappa shape index (κ1) is 19.6. The van der Waals surface area contributed by atoms with Gasteiger partial charge in [-0.2, -0.15) is 0 Å². The van der Waals surface area contributed by atoms with Crippen LogP contribution >= 0.6 is 0 Å². The average molecular weight is 379 g/mol. The van der Waals surface area contributed by atoms with Crippen molar-refractivity contribution in [3.63, 3.8) is 0 Å². The molecule has 2 N–H and O–H groups in total. The monoisotopic (exact) mass is 379 g/mol. The summed E-state index contributed by atoms with van der Waals surface area (Å²) in [5.41, 5.74) is 3.83. The lowest BCUT2D eigenvalue weighted by Gasteiger charge is -2.16. The van der Waals surface area contributed by atoms with Crippen molar-refractivity contribution < 1.29 is 14.4 Å². The summed E-state index contributed by atoms with van der Waals surface area (Å²) in [5, 5.41) is 5.54. The lowest BCUT2D eigenvalue weighted by Crippen LogP contribution is -2.38. The van der Waals surface area contributed by atoms with Crippen LogP contribution in [0.5, 0.6) is 0 Å². The number of amides is 4. The molecule has 0 spiro atoms. The molecule has 1 aliphatic heterocycles. The fourth-order valence-corrected chi connectivity index (χ4v) is 3.40. The van der Waals surface area contributed by atoms with Gasteiger partial charge in [-0.3, -0.25) is 14.5 Å². The summed E-state index contributed by atoms with van der Waals surface area (Å²) in [6.07, 6.45) is 1.97. The number of hydrogen-bond acceptors (Lipinski definition) is 3. The van der Waals surface area contributed by atoms with E-state index in [1.165, 1.54) is 0 Å². The fourth-order valence-electron chi connectivity index (χ4n) is 3.40. The second kappa shape index (κ2) is 8.69. The molecule has 0 unspecified atom stereocenters. The van der Waals surface area contributed by atoms with Gasteiger partial charge in [-0.05, 0) is 42.9 Å². The smallest absolute Gasteiger partial charge is 0.325 e. The zero-order chi connectivity index (χ0) is 20.1. The quantitative estimate of drug-likeness (QED) is 0.726. The lowest BCUT2D eigenvalue weighted by molar-refractivity contribution is -0.130. The number of aryl methyl sites for hydroxylation is 3. The Morgan fingerprint density at radius 1 is 1.11 bits per heavy atom. The van der Waals surface area contributed by atoms with Crippen molar-refractivity contribution in [2.24, 2.45) is 0 Å². The number of anilines is 1. The van der Waals surface area contributed by atoms with Crippen LogP contribution in [0.2, 0.25) is 0 Å². The maximum Gasteiger partial charge on any atom is 0.325 e. The topological polar surface area (TPSA) is 78.5 Å². The molecule has 146 valence electrons. The summed E-state index contributed by atoms with van der Waals surface area (Å²) in [4.78, 5) is 38.3. The molecule has 3 rings (SSSR count). The standard InChI is InChI=1S/C22H25N3O3/c1-3-17-11-7-8-15(2)20(17)24-19(26)14-25-21(27)18(23-22(25)28)13-12-16-9-5-4-6-10-16/h4-11,18H,3,12-14H2,1-2H3,(H,23,28)(H,24,26)/t18-/m0/s1. The van der Waals surface area contributed by atoms with Crippen molar-refractivity contribution in [3.8, 4) is 0 Å². The number of urea groups is 1. The largest absolute Gasteiger partial charge is 0.326 e. The molecular formula is C22H25N3O3. The third kappa shape index (κ3) is 4.39. The summed E-state index contributed by atoms with van der Waals surface area (Å²) in [7, 11) is 0. The van der Waals surface area contributed by atoms with Gasteiger partial charge >= 0.3 is 6.03 Å². The van der Waals surface area contributed by atoms with E-state index in [1.807, 2.05) is 62.4 Å². The summed E-state index contributed by atoms with van der Waals surface area (Å²) >= 11 is 0. The Labute approximate surface area is 164 Å². The van der Waals surface area contributed by atoms with Gasteiger partial charge in [-0.1, -0.05) is 55.5 Å². The number of nitrogens with zero attached hydrogens (tertiary/aromatic N) is 1. The predicted molar refractivity (Wildman–Crippen MR) is 108 cm³/mol. The maximum absolute atomic E-state index is 12.6. The lowest BCUT2D eigenvalue weighted by atomic mass is 10.1. The van der Waals surface area contributed by atoms with E-state index in [4.69, 9.17) is 0 Å². The molecule has 1 heterocycles. The van der Waals surface area contributed by atoms with Crippen LogP contribution < -0.4 is 10.6 Å². The average Bonchev–Trinajstić information content (AvgIpc) is 2.96. The minimum atomic E-state index is -0.592. The van der Waals surface area contributed by atoms with E-state index in [0.717, 1.165) is 33.7 Å². The minimum absolute atomic E-state index is 0.288. The zero-order valence-corrected chi connectivity index (χ0v) is 16.2. The third-order valence-electron chi connectivity index (χ3n) is 4.98. The van der Waals surface area contributed by atoms with Crippen LogP contribution in [-0.2, 0) is 22.4 Å². The Morgan fingerprint density at radius 3 is 2.57 bits per heavy atom. The number of rotatable bonds is 7. The summed E-state index contributed by atoms with van der Waals surface area (Å²) in [6.45, 7) is 3.64. The van der Waals surface area contributed by atoms with Crippen LogP contribution in [0.3, 0.4) is 0 Å². The molecule has 1 saturated heterocycles. The Morgan fingerprint density at radius 2 is 1.86 bits per heavy atom. The van der Waals surface area contributed by atoms with Gasteiger partial charge in [-0.15, -0.1) is 0 Å². The van der Waals surface area contributed by atoms with Gasteiger partial charge in [0.25, 0.3) is 5.91 Å². The molecule has 6 nitrogen and oxygen atoms in total. The van der Waals surface area contributed by atoms with Crippen LogP contribution in [0, 0.1) is 6.92 Å². The normalized spacial score (nSPS) is 16.2. The van der Waals surface area contributed by atoms with Gasteiger partial charge in [-0.25, -0.2) is 4.79 Å². The zero-order valence-electron chi connectivity index (χ0n) is 16.2. The van der Waals surface area contributed by atoms with Gasteiger partial charge in [0.15, 0.2) is 0 Å². The van der Waals surface area contributed by atoms with Crippen LogP contribution in [0.1, 0.15) is 30.0 Å². The number of benzene rings is 2. The van der Waals surface area contributed by atoms with Gasteiger partial charge in [0.2, 0.25) is 5.91 Å². The summed E-state index contributed by atoms with van der Waals surface area (Å²) in [5.74, 6) is -0.729. The molecule has 0 bridgehead atoms. The molecule has 1 fully saturated rings. The summed E-state index contributed by atoms with van der Waals surface area (Å²) < 4.78 is 0. The molecule has 0 aliphatic carbocycles. The molecule has 1 atom stereocenters. The second-order valence-corrected chi connectivity index (χ2v) is 6.96. The summed E-state index contributed by atoms with van der Waals surface area (Å²) in [6, 6.07) is 14.5. The van der Waals surface area contributed by atoms with Gasteiger partial charge in [0.05, 0.1) is 0 Å². The predicted octanol–water partition coefficient (Wildman–Crippen LogP) is 3.05. The molecule has 1 aliphatic rings. The Bertz CT molecular complexity index is 880. The number of hydrogen-bond donors (Lipinski definition) is 2. The first-order valence-electron chi connectivity index (χ1n) is 9.53. The van der Waals surface area contributed by atoms with Crippen molar-refractivity contribution in [1.29, 1.82) is 0 Å². The molecular weight excluding hydrogens is 354 g/mol. The molecule has 28 heavy (non-hydrogen) atoms. The second-order valence-electron chi connectivity index (χ2n) is 6.96. The van der Waals surface area contributed by atoms with Crippen molar-refractivity contribution >= 4 is 23.5 Å². The molecule has 0 radical (unpaired) electrons. The Hall–Kier alpha value is -3.15. The van der Waals surface area contributed by atoms with Gasteiger partial charge in [0, 0.05) is 5.69 Å². The highest BCUT2D eigenvalue weighted by molar-refractivity contribution is 6.08. The third-order valence-corrected chi connectivity index (χ3v) is 4.98. The molecule has 0 saturated carbocycles. The van der Waals surface area contributed by atoms with Crippen molar-refractivity contribution in [3.05, 3.63) is 65.2 Å². The Kier molecular flexibility index (Phi) is 6.09. The highest BCUT2D eigenvalue weighted by Gasteiger charge is 2.38. The van der Waals surface area contributed by atoms with E-state index in [9.17, 15) is 14.4 Å². The SMILES string of the molecule is CCc1cccc(C)c1NC(=O)CN1C(=O)N[C@@H](CCc2ccccc2)C1=O. The molecule has 6 heteroatoms. The van der Waals surface area contributed by atoms with Crippen molar-refractivity contribution in [2.45, 2.75) is 39.2 Å². The van der Waals surface area contributed by atoms with Crippen molar-refractivity contribution in [2.75, 3.05) is 11.9 Å². The highest BCUT2D eigenvalue weighted by atomic mass is 16.2. The van der Waals surface area contributed by atoms with Crippen molar-refractivity contribution in [1.82, 2.24) is 10.2 Å². The molecule has 2 aromatic rings. The maximum atomic E-state index is 12.6. The van der Waals surface area contributed by atoms with Gasteiger partial charge in [0.1, 0.15) is 12.6 Å². The van der Waals surface area contributed by atoms with E-state index in [2.05, 4.69) is 10.6 Å². The Balaban J connectivity index is 1.60. The molecule has 0 aromatic heterocycles. The van der Waals surface area contributed by atoms with E-state index in [1.54, 1.807) is 0 Å². The number of para-hydroxylation sites is 1. The fraction of sp³-hybridized carbons (Fsp3) is 0.318. The highest BCUT2D eigenvalue weighted by Crippen LogP contribution is 2.21. The van der Waals surface area contributed by atoms with Crippen LogP contribution in [0.4, 0.5) is 10.5 Å². The number of carbonyl (C=O) groups is 3. The number of carbonyl (C=O) groups excluding carboxylic acids is 3. The van der Waals surface area contributed by atoms with E-state index in [-0.39, 0.29) is 18.4 Å². The number of nitrogens with one attached hydrogen (secondary N) is 2. The van der Waals surface area contributed by atoms with E-state index < -0.39 is 12.1 Å². The van der Waals surface area contributed by atoms with Crippen LogP contribution in [-0.4, -0.2) is 35.3 Å².